The van der Waals surface area contributed by atoms with Gasteiger partial charge in [-0.25, -0.2) is 0 Å². The number of aliphatic hydroxyl groups is 1. The van der Waals surface area contributed by atoms with E-state index in [2.05, 4.69) is 32.8 Å². The van der Waals surface area contributed by atoms with Gasteiger partial charge in [0.1, 0.15) is 0 Å². The van der Waals surface area contributed by atoms with Gasteiger partial charge in [-0.3, -0.25) is 0 Å². The molecule has 2 aliphatic carbocycles. The van der Waals surface area contributed by atoms with Gasteiger partial charge < -0.3 is 10.0 Å². The fourth-order valence-electron chi connectivity index (χ4n) is 4.83. The van der Waals surface area contributed by atoms with Crippen LogP contribution in [0.4, 0.5) is 0 Å². The van der Waals surface area contributed by atoms with Crippen molar-refractivity contribution in [2.45, 2.75) is 83.3 Å². The molecule has 0 amide bonds. The SMILES string of the molecule is CCC1CCCCC1C(O)C1(N(C)C)CCC(C)CC1. The van der Waals surface area contributed by atoms with E-state index in [9.17, 15) is 5.11 Å². The van der Waals surface area contributed by atoms with Gasteiger partial charge >= 0.3 is 0 Å². The van der Waals surface area contributed by atoms with Crippen LogP contribution in [0.3, 0.4) is 0 Å². The first kappa shape index (κ1) is 16.3. The number of hydrogen-bond donors (Lipinski definition) is 1. The molecule has 3 atom stereocenters. The van der Waals surface area contributed by atoms with Gasteiger partial charge in [-0.1, -0.05) is 39.5 Å². The average molecular weight is 281 g/mol. The van der Waals surface area contributed by atoms with Gasteiger partial charge in [-0.05, 0) is 64.0 Å². The van der Waals surface area contributed by atoms with Gasteiger partial charge in [-0.2, -0.15) is 0 Å². The molecule has 0 bridgehead atoms. The van der Waals surface area contributed by atoms with E-state index in [0.29, 0.717) is 5.92 Å². The second-order valence-electron chi connectivity index (χ2n) is 7.74. The van der Waals surface area contributed by atoms with E-state index in [1.165, 1.54) is 57.8 Å². The van der Waals surface area contributed by atoms with E-state index in [4.69, 9.17) is 0 Å². The van der Waals surface area contributed by atoms with Crippen molar-refractivity contribution in [3.05, 3.63) is 0 Å². The highest BCUT2D eigenvalue weighted by Gasteiger charge is 2.47. The molecule has 20 heavy (non-hydrogen) atoms. The maximum absolute atomic E-state index is 11.3. The summed E-state index contributed by atoms with van der Waals surface area (Å²) in [5.41, 5.74) is 0.0436. The zero-order valence-corrected chi connectivity index (χ0v) is 14.1. The molecule has 0 aromatic heterocycles. The summed E-state index contributed by atoms with van der Waals surface area (Å²) in [4.78, 5) is 2.35. The molecule has 2 nitrogen and oxygen atoms in total. The Kier molecular flexibility index (Phi) is 5.53. The van der Waals surface area contributed by atoms with Crippen LogP contribution in [0.1, 0.15) is 71.6 Å². The minimum atomic E-state index is -0.129. The molecule has 0 aliphatic heterocycles. The zero-order chi connectivity index (χ0) is 14.8. The lowest BCUT2D eigenvalue weighted by atomic mass is 9.64. The quantitative estimate of drug-likeness (QED) is 0.839. The highest BCUT2D eigenvalue weighted by atomic mass is 16.3. The number of nitrogens with zero attached hydrogens (tertiary/aromatic N) is 1. The lowest BCUT2D eigenvalue weighted by Crippen LogP contribution is -2.59. The second kappa shape index (κ2) is 6.79. The average Bonchev–Trinajstić information content (AvgIpc) is 2.47. The number of hydrogen-bond acceptors (Lipinski definition) is 2. The van der Waals surface area contributed by atoms with Crippen molar-refractivity contribution < 1.29 is 5.11 Å². The van der Waals surface area contributed by atoms with Crippen LogP contribution in [0.5, 0.6) is 0 Å². The summed E-state index contributed by atoms with van der Waals surface area (Å²) < 4.78 is 0. The van der Waals surface area contributed by atoms with Crippen LogP contribution in [0.15, 0.2) is 0 Å². The second-order valence-corrected chi connectivity index (χ2v) is 7.74. The maximum Gasteiger partial charge on any atom is 0.0754 e. The molecule has 0 aromatic carbocycles. The van der Waals surface area contributed by atoms with Crippen molar-refractivity contribution in [3.63, 3.8) is 0 Å². The minimum absolute atomic E-state index is 0.0436. The van der Waals surface area contributed by atoms with Crippen LogP contribution < -0.4 is 0 Å². The standard InChI is InChI=1S/C18H35NO/c1-5-15-8-6-7-9-16(15)17(20)18(19(3)4)12-10-14(2)11-13-18/h14-17,20H,5-13H2,1-4H3. The first-order valence-corrected chi connectivity index (χ1v) is 8.86. The van der Waals surface area contributed by atoms with Gasteiger partial charge in [0.05, 0.1) is 6.10 Å². The van der Waals surface area contributed by atoms with Crippen LogP contribution in [0, 0.1) is 17.8 Å². The number of aliphatic hydroxyl groups excluding tert-OH is 1. The molecule has 0 spiro atoms. The summed E-state index contributed by atoms with van der Waals surface area (Å²) >= 11 is 0. The molecule has 2 fully saturated rings. The van der Waals surface area contributed by atoms with Crippen LogP contribution >= 0.6 is 0 Å². The van der Waals surface area contributed by atoms with E-state index < -0.39 is 0 Å². The van der Waals surface area contributed by atoms with Crippen molar-refractivity contribution in [1.29, 1.82) is 0 Å². The van der Waals surface area contributed by atoms with E-state index in [1.54, 1.807) is 0 Å². The van der Waals surface area contributed by atoms with Crippen molar-refractivity contribution >= 4 is 0 Å². The first-order valence-electron chi connectivity index (χ1n) is 8.86. The number of likely N-dealkylation sites (N-methyl/N-ethyl adjacent to an activating group) is 1. The fraction of sp³-hybridized carbons (Fsp3) is 1.00. The molecule has 2 heteroatoms. The molecule has 0 saturated heterocycles. The van der Waals surface area contributed by atoms with Crippen LogP contribution in [-0.4, -0.2) is 35.7 Å². The highest BCUT2D eigenvalue weighted by molar-refractivity contribution is 5.01. The van der Waals surface area contributed by atoms with Crippen molar-refractivity contribution in [1.82, 2.24) is 4.90 Å². The van der Waals surface area contributed by atoms with Gasteiger partial charge in [0, 0.05) is 5.54 Å². The molecule has 0 heterocycles. The van der Waals surface area contributed by atoms with Crippen molar-refractivity contribution in [2.24, 2.45) is 17.8 Å². The molecular weight excluding hydrogens is 246 g/mol. The molecule has 1 N–H and O–H groups in total. The summed E-state index contributed by atoms with van der Waals surface area (Å²) in [6, 6.07) is 0. The Labute approximate surface area is 125 Å². The monoisotopic (exact) mass is 281 g/mol. The lowest BCUT2D eigenvalue weighted by Gasteiger charge is -2.51. The topological polar surface area (TPSA) is 23.5 Å². The lowest BCUT2D eigenvalue weighted by molar-refractivity contribution is -0.0885. The third-order valence-corrected chi connectivity index (χ3v) is 6.48. The van der Waals surface area contributed by atoms with E-state index in [0.717, 1.165) is 11.8 Å². The Balaban J connectivity index is 2.15. The van der Waals surface area contributed by atoms with Crippen LogP contribution in [0.2, 0.25) is 0 Å². The molecule has 3 unspecified atom stereocenters. The molecule has 118 valence electrons. The Hall–Kier alpha value is -0.0800. The Bertz CT molecular complexity index is 294. The van der Waals surface area contributed by atoms with Crippen molar-refractivity contribution in [2.75, 3.05) is 14.1 Å². The maximum atomic E-state index is 11.3. The van der Waals surface area contributed by atoms with Crippen molar-refractivity contribution in [3.8, 4) is 0 Å². The summed E-state index contributed by atoms with van der Waals surface area (Å²) in [7, 11) is 4.37. The molecule has 2 aliphatic rings. The summed E-state index contributed by atoms with van der Waals surface area (Å²) in [5, 5.41) is 11.3. The minimum Gasteiger partial charge on any atom is -0.391 e. The molecule has 2 rings (SSSR count). The van der Waals surface area contributed by atoms with E-state index in [-0.39, 0.29) is 11.6 Å². The summed E-state index contributed by atoms with van der Waals surface area (Å²) in [6.45, 7) is 4.67. The molecule has 0 radical (unpaired) electrons. The summed E-state index contributed by atoms with van der Waals surface area (Å²) in [6.07, 6.45) is 11.3. The van der Waals surface area contributed by atoms with Crippen LogP contribution in [-0.2, 0) is 0 Å². The van der Waals surface area contributed by atoms with Gasteiger partial charge in [0.2, 0.25) is 0 Å². The number of rotatable bonds is 4. The smallest absolute Gasteiger partial charge is 0.0754 e. The third kappa shape index (κ3) is 3.06. The van der Waals surface area contributed by atoms with Crippen LogP contribution in [0.25, 0.3) is 0 Å². The first-order chi connectivity index (χ1) is 9.51. The fourth-order valence-corrected chi connectivity index (χ4v) is 4.83. The third-order valence-electron chi connectivity index (χ3n) is 6.48. The Morgan fingerprint density at radius 2 is 1.70 bits per heavy atom. The predicted molar refractivity (Wildman–Crippen MR) is 85.8 cm³/mol. The molecule has 2 saturated carbocycles. The van der Waals surface area contributed by atoms with E-state index >= 15 is 0 Å². The van der Waals surface area contributed by atoms with E-state index in [1.807, 2.05) is 0 Å². The predicted octanol–water partition coefficient (Wildman–Crippen LogP) is 4.07. The zero-order valence-electron chi connectivity index (χ0n) is 14.1. The summed E-state index contributed by atoms with van der Waals surface area (Å²) in [5.74, 6) is 2.11. The molecular formula is C18H35NO. The van der Waals surface area contributed by atoms with Gasteiger partial charge in [0.25, 0.3) is 0 Å². The molecule has 0 aromatic rings. The Morgan fingerprint density at radius 1 is 1.10 bits per heavy atom. The van der Waals surface area contributed by atoms with Gasteiger partial charge in [0.15, 0.2) is 0 Å². The normalized spacial score (nSPS) is 40.8. The van der Waals surface area contributed by atoms with Gasteiger partial charge in [-0.15, -0.1) is 0 Å². The Morgan fingerprint density at radius 3 is 2.25 bits per heavy atom. The largest absolute Gasteiger partial charge is 0.391 e. The highest BCUT2D eigenvalue weighted by Crippen LogP contribution is 2.45.